The zero-order valence-electron chi connectivity index (χ0n) is 12.4. The number of esters is 3. The van der Waals surface area contributed by atoms with E-state index in [2.05, 4.69) is 5.32 Å². The Morgan fingerprint density at radius 1 is 0.810 bits per heavy atom. The number of hydrogen-bond acceptors (Lipinski definition) is 7. The van der Waals surface area contributed by atoms with Crippen LogP contribution in [0.15, 0.2) is 0 Å². The summed E-state index contributed by atoms with van der Waals surface area (Å²) in [6, 6.07) is -0.597. The monoisotopic (exact) mass is 301 g/mol. The minimum atomic E-state index is -0.952. The van der Waals surface area contributed by atoms with Crippen LogP contribution in [0.3, 0.4) is 0 Å². The first-order valence-corrected chi connectivity index (χ1v) is 6.49. The molecule has 1 amide bonds. The summed E-state index contributed by atoms with van der Waals surface area (Å²) in [4.78, 5) is 44.8. The normalized spacial score (nSPS) is 27.6. The van der Waals surface area contributed by atoms with Gasteiger partial charge in [-0.3, -0.25) is 19.2 Å². The molecule has 4 atom stereocenters. The first-order chi connectivity index (χ1) is 9.70. The minimum Gasteiger partial charge on any atom is -0.458 e. The standard InChI is InChI=1S/C13H19NO7/c1-6(15)14-10-5-11(19-7(2)16)13(21-9(4)18)12(10)20-8(3)17/h10-13H,5H2,1-4H3,(H,14,15)/t10-,11-,12-,13-/m0/s1. The molecule has 0 aromatic rings. The van der Waals surface area contributed by atoms with Gasteiger partial charge in [-0.1, -0.05) is 0 Å². The maximum Gasteiger partial charge on any atom is 0.303 e. The van der Waals surface area contributed by atoms with Crippen molar-refractivity contribution >= 4 is 23.8 Å². The quantitative estimate of drug-likeness (QED) is 0.560. The van der Waals surface area contributed by atoms with Crippen LogP contribution in [0.2, 0.25) is 0 Å². The van der Waals surface area contributed by atoms with Gasteiger partial charge in [0, 0.05) is 34.1 Å². The van der Waals surface area contributed by atoms with Gasteiger partial charge in [0.25, 0.3) is 0 Å². The van der Waals surface area contributed by atoms with Crippen molar-refractivity contribution in [3.8, 4) is 0 Å². The van der Waals surface area contributed by atoms with Crippen LogP contribution in [0.4, 0.5) is 0 Å². The molecule has 1 N–H and O–H groups in total. The van der Waals surface area contributed by atoms with Crippen LogP contribution in [0, 0.1) is 0 Å². The van der Waals surface area contributed by atoms with Gasteiger partial charge in [0.05, 0.1) is 6.04 Å². The van der Waals surface area contributed by atoms with E-state index in [1.807, 2.05) is 0 Å². The van der Waals surface area contributed by atoms with Crippen molar-refractivity contribution in [1.29, 1.82) is 0 Å². The van der Waals surface area contributed by atoms with E-state index in [0.717, 1.165) is 0 Å². The highest BCUT2D eigenvalue weighted by Crippen LogP contribution is 2.29. The van der Waals surface area contributed by atoms with Gasteiger partial charge in [0.1, 0.15) is 6.10 Å². The SMILES string of the molecule is CC(=O)N[C@H]1C[C@H](OC(C)=O)[C@H](OC(C)=O)[C@H]1OC(C)=O. The Hall–Kier alpha value is -2.12. The van der Waals surface area contributed by atoms with Crippen molar-refractivity contribution in [3.05, 3.63) is 0 Å². The molecule has 0 heterocycles. The van der Waals surface area contributed by atoms with Crippen molar-refractivity contribution in [2.75, 3.05) is 0 Å². The second-order valence-electron chi connectivity index (χ2n) is 4.84. The molecule has 1 fully saturated rings. The molecule has 0 aromatic heterocycles. The Balaban J connectivity index is 2.99. The Labute approximate surface area is 122 Å². The van der Waals surface area contributed by atoms with Gasteiger partial charge in [-0.15, -0.1) is 0 Å². The van der Waals surface area contributed by atoms with E-state index in [9.17, 15) is 19.2 Å². The molecule has 0 unspecified atom stereocenters. The average molecular weight is 301 g/mol. The van der Waals surface area contributed by atoms with Gasteiger partial charge in [0.15, 0.2) is 12.2 Å². The summed E-state index contributed by atoms with van der Waals surface area (Å²) in [5.41, 5.74) is 0. The van der Waals surface area contributed by atoms with Crippen molar-refractivity contribution in [1.82, 2.24) is 5.32 Å². The van der Waals surface area contributed by atoms with E-state index in [0.29, 0.717) is 0 Å². The number of hydrogen-bond donors (Lipinski definition) is 1. The summed E-state index contributed by atoms with van der Waals surface area (Å²) in [5.74, 6) is -2.07. The fourth-order valence-electron chi connectivity index (χ4n) is 2.36. The average Bonchev–Trinajstić information content (AvgIpc) is 2.55. The minimum absolute atomic E-state index is 0.190. The Morgan fingerprint density at radius 2 is 1.29 bits per heavy atom. The maximum atomic E-state index is 11.2. The van der Waals surface area contributed by atoms with E-state index in [-0.39, 0.29) is 12.3 Å². The molecule has 1 saturated carbocycles. The second-order valence-corrected chi connectivity index (χ2v) is 4.84. The molecule has 0 aromatic carbocycles. The van der Waals surface area contributed by atoms with Crippen molar-refractivity contribution in [2.45, 2.75) is 58.5 Å². The van der Waals surface area contributed by atoms with E-state index < -0.39 is 42.3 Å². The first kappa shape index (κ1) is 16.9. The molecule has 1 rings (SSSR count). The van der Waals surface area contributed by atoms with Crippen LogP contribution in [0.25, 0.3) is 0 Å². The summed E-state index contributed by atoms with van der Waals surface area (Å²) < 4.78 is 15.3. The maximum absolute atomic E-state index is 11.2. The Morgan fingerprint density at radius 3 is 1.71 bits per heavy atom. The second kappa shape index (κ2) is 7.05. The Bertz CT molecular complexity index is 408. The lowest BCUT2D eigenvalue weighted by Crippen LogP contribution is -2.46. The molecule has 0 radical (unpaired) electrons. The summed E-state index contributed by atoms with van der Waals surface area (Å²) in [6.07, 6.45) is -2.45. The van der Waals surface area contributed by atoms with E-state index in [4.69, 9.17) is 14.2 Å². The van der Waals surface area contributed by atoms with Gasteiger partial charge in [-0.05, 0) is 0 Å². The highest BCUT2D eigenvalue weighted by molar-refractivity contribution is 5.74. The third-order valence-corrected chi connectivity index (χ3v) is 2.88. The molecule has 0 saturated heterocycles. The highest BCUT2D eigenvalue weighted by Gasteiger charge is 2.50. The predicted octanol–water partition coefficient (Wildman–Crippen LogP) is -0.310. The molecule has 1 aliphatic rings. The summed E-state index contributed by atoms with van der Waals surface area (Å²) >= 11 is 0. The lowest BCUT2D eigenvalue weighted by atomic mass is 10.2. The van der Waals surface area contributed by atoms with Crippen LogP contribution >= 0.6 is 0 Å². The predicted molar refractivity (Wildman–Crippen MR) is 68.9 cm³/mol. The number of amides is 1. The van der Waals surface area contributed by atoms with E-state index >= 15 is 0 Å². The lowest BCUT2D eigenvalue weighted by Gasteiger charge is -2.25. The topological polar surface area (TPSA) is 108 Å². The van der Waals surface area contributed by atoms with Crippen LogP contribution in [0.5, 0.6) is 0 Å². The molecule has 0 spiro atoms. The fraction of sp³-hybridized carbons (Fsp3) is 0.692. The van der Waals surface area contributed by atoms with Gasteiger partial charge in [-0.2, -0.15) is 0 Å². The molecule has 0 bridgehead atoms. The van der Waals surface area contributed by atoms with Gasteiger partial charge in [0.2, 0.25) is 5.91 Å². The molecule has 21 heavy (non-hydrogen) atoms. The molecule has 0 aliphatic heterocycles. The van der Waals surface area contributed by atoms with Crippen LogP contribution in [-0.2, 0) is 33.4 Å². The van der Waals surface area contributed by atoms with E-state index in [1.54, 1.807) is 0 Å². The van der Waals surface area contributed by atoms with Crippen molar-refractivity contribution in [2.24, 2.45) is 0 Å². The molecule has 8 nitrogen and oxygen atoms in total. The van der Waals surface area contributed by atoms with Gasteiger partial charge >= 0.3 is 17.9 Å². The van der Waals surface area contributed by atoms with Crippen molar-refractivity contribution in [3.63, 3.8) is 0 Å². The fourth-order valence-corrected chi connectivity index (χ4v) is 2.36. The number of carbonyl (C=O) groups excluding carboxylic acids is 4. The van der Waals surface area contributed by atoms with Crippen LogP contribution in [-0.4, -0.2) is 48.2 Å². The molecular weight excluding hydrogens is 282 g/mol. The molecule has 1 aliphatic carbocycles. The number of rotatable bonds is 4. The largest absolute Gasteiger partial charge is 0.458 e. The van der Waals surface area contributed by atoms with Gasteiger partial charge in [-0.25, -0.2) is 0 Å². The summed E-state index contributed by atoms with van der Waals surface area (Å²) in [5, 5.41) is 2.60. The Kier molecular flexibility index (Phi) is 5.69. The number of carbonyl (C=O) groups is 4. The third kappa shape index (κ3) is 5.05. The zero-order chi connectivity index (χ0) is 16.2. The highest BCUT2D eigenvalue weighted by atomic mass is 16.6. The molecule has 118 valence electrons. The number of nitrogens with one attached hydrogen (secondary N) is 1. The van der Waals surface area contributed by atoms with Crippen LogP contribution < -0.4 is 5.32 Å². The van der Waals surface area contributed by atoms with Gasteiger partial charge < -0.3 is 19.5 Å². The lowest BCUT2D eigenvalue weighted by molar-refractivity contribution is -0.175. The summed E-state index contributed by atoms with van der Waals surface area (Å²) in [6.45, 7) is 4.93. The summed E-state index contributed by atoms with van der Waals surface area (Å²) in [7, 11) is 0. The third-order valence-electron chi connectivity index (χ3n) is 2.88. The zero-order valence-corrected chi connectivity index (χ0v) is 12.4. The smallest absolute Gasteiger partial charge is 0.303 e. The molecule has 8 heteroatoms. The number of ether oxygens (including phenoxy) is 3. The van der Waals surface area contributed by atoms with Crippen LogP contribution in [0.1, 0.15) is 34.1 Å². The van der Waals surface area contributed by atoms with Crippen molar-refractivity contribution < 1.29 is 33.4 Å². The van der Waals surface area contributed by atoms with E-state index in [1.165, 1.54) is 27.7 Å². The first-order valence-electron chi connectivity index (χ1n) is 6.49. The molecular formula is C13H19NO7.